The number of carbonyl (C=O) groups is 1. The molecule has 0 aliphatic heterocycles. The quantitative estimate of drug-likeness (QED) is 0.462. The van der Waals surface area contributed by atoms with Crippen molar-refractivity contribution in [2.45, 2.75) is 99.6 Å². The van der Waals surface area contributed by atoms with Crippen molar-refractivity contribution < 1.29 is 9.53 Å². The minimum Gasteiger partial charge on any atom is -0.375 e. The van der Waals surface area contributed by atoms with Crippen LogP contribution in [0.3, 0.4) is 0 Å². The van der Waals surface area contributed by atoms with E-state index in [-0.39, 0.29) is 27.8 Å². The van der Waals surface area contributed by atoms with Gasteiger partial charge in [0.1, 0.15) is 0 Å². The lowest BCUT2D eigenvalue weighted by molar-refractivity contribution is -0.123. The maximum Gasteiger partial charge on any atom is 0.221 e. The molecule has 1 atom stereocenters. The van der Waals surface area contributed by atoms with Gasteiger partial charge in [-0.25, -0.2) is 0 Å². The summed E-state index contributed by atoms with van der Waals surface area (Å²) in [7, 11) is 1.98. The van der Waals surface area contributed by atoms with Gasteiger partial charge in [-0.2, -0.15) is 0 Å². The first-order valence-corrected chi connectivity index (χ1v) is 10.6. The Morgan fingerprint density at radius 3 is 1.79 bits per heavy atom. The molecule has 0 spiro atoms. The summed E-state index contributed by atoms with van der Waals surface area (Å²) < 4.78 is 5.94. The molecule has 0 saturated heterocycles. The van der Waals surface area contributed by atoms with Gasteiger partial charge in [-0.1, -0.05) is 41.5 Å². The Morgan fingerprint density at radius 2 is 1.32 bits per heavy atom. The number of rotatable bonds is 12. The van der Waals surface area contributed by atoms with E-state index < -0.39 is 5.54 Å². The first-order chi connectivity index (χ1) is 12.3. The SMILES string of the molecule is CNCC(C)(C)CC(C)(C)CNC(=O)CC(C)(N)CC(C)(C)COC(C)(C)C. The molecule has 5 nitrogen and oxygen atoms in total. The van der Waals surface area contributed by atoms with Gasteiger partial charge in [0.15, 0.2) is 0 Å². The zero-order valence-electron chi connectivity index (χ0n) is 20.6. The van der Waals surface area contributed by atoms with Crippen LogP contribution in [0.4, 0.5) is 0 Å². The van der Waals surface area contributed by atoms with Crippen LogP contribution in [0.5, 0.6) is 0 Å². The van der Waals surface area contributed by atoms with Gasteiger partial charge in [-0.05, 0) is 70.4 Å². The zero-order chi connectivity index (χ0) is 22.4. The molecule has 0 aromatic heterocycles. The number of hydrogen-bond acceptors (Lipinski definition) is 4. The summed E-state index contributed by atoms with van der Waals surface area (Å²) in [5.74, 6) is 0.0250. The van der Waals surface area contributed by atoms with Gasteiger partial charge >= 0.3 is 0 Å². The van der Waals surface area contributed by atoms with E-state index in [2.05, 4.69) is 72.9 Å². The Balaban J connectivity index is 4.63. The molecule has 5 heteroatoms. The number of ether oxygens (including phenoxy) is 1. The average Bonchev–Trinajstić information content (AvgIpc) is 2.39. The molecule has 4 N–H and O–H groups in total. The molecule has 168 valence electrons. The van der Waals surface area contributed by atoms with Crippen molar-refractivity contribution in [1.29, 1.82) is 0 Å². The lowest BCUT2D eigenvalue weighted by Gasteiger charge is -2.37. The minimum absolute atomic E-state index is 0.0250. The largest absolute Gasteiger partial charge is 0.375 e. The number of carbonyl (C=O) groups excluding carboxylic acids is 1. The summed E-state index contributed by atoms with van der Waals surface area (Å²) >= 11 is 0. The molecule has 0 aliphatic carbocycles. The molecule has 0 radical (unpaired) electrons. The molecule has 0 heterocycles. The molecule has 0 bridgehead atoms. The Morgan fingerprint density at radius 1 is 0.821 bits per heavy atom. The van der Waals surface area contributed by atoms with E-state index >= 15 is 0 Å². The summed E-state index contributed by atoms with van der Waals surface area (Å²) in [6.45, 7) is 23.6. The van der Waals surface area contributed by atoms with Crippen LogP contribution in [-0.2, 0) is 9.53 Å². The van der Waals surface area contributed by atoms with Crippen LogP contribution in [-0.4, -0.2) is 43.8 Å². The smallest absolute Gasteiger partial charge is 0.221 e. The van der Waals surface area contributed by atoms with E-state index in [1.54, 1.807) is 0 Å². The Bertz CT molecular complexity index is 489. The maximum absolute atomic E-state index is 12.6. The van der Waals surface area contributed by atoms with Crippen molar-refractivity contribution in [3.8, 4) is 0 Å². The van der Waals surface area contributed by atoms with Gasteiger partial charge in [0.2, 0.25) is 5.91 Å². The zero-order valence-corrected chi connectivity index (χ0v) is 20.6. The fraction of sp³-hybridized carbons (Fsp3) is 0.957. The predicted molar refractivity (Wildman–Crippen MR) is 120 cm³/mol. The van der Waals surface area contributed by atoms with Gasteiger partial charge in [0.05, 0.1) is 12.2 Å². The molecule has 0 aromatic carbocycles. The second-order valence-corrected chi connectivity index (χ2v) is 12.4. The van der Waals surface area contributed by atoms with E-state index in [1.807, 2.05) is 14.0 Å². The molecule has 0 aliphatic rings. The fourth-order valence-electron chi connectivity index (χ4n) is 4.28. The van der Waals surface area contributed by atoms with Crippen molar-refractivity contribution in [2.75, 3.05) is 26.7 Å². The highest BCUT2D eigenvalue weighted by molar-refractivity contribution is 5.77. The van der Waals surface area contributed by atoms with Crippen molar-refractivity contribution in [2.24, 2.45) is 22.0 Å². The average molecular weight is 400 g/mol. The fourth-order valence-corrected chi connectivity index (χ4v) is 4.28. The number of hydrogen-bond donors (Lipinski definition) is 3. The van der Waals surface area contributed by atoms with Gasteiger partial charge < -0.3 is 21.1 Å². The Labute approximate surface area is 174 Å². The summed E-state index contributed by atoms with van der Waals surface area (Å²) in [6.07, 6.45) is 2.07. The van der Waals surface area contributed by atoms with Crippen LogP contribution in [0.15, 0.2) is 0 Å². The molecule has 1 amide bonds. The maximum atomic E-state index is 12.6. The number of nitrogens with one attached hydrogen (secondary N) is 2. The minimum atomic E-state index is -0.565. The second-order valence-electron chi connectivity index (χ2n) is 12.4. The Kier molecular flexibility index (Phi) is 9.67. The van der Waals surface area contributed by atoms with Crippen LogP contribution in [0.2, 0.25) is 0 Å². The molecule has 28 heavy (non-hydrogen) atoms. The lowest BCUT2D eigenvalue weighted by Crippen LogP contribution is -2.47. The molecule has 1 unspecified atom stereocenters. The van der Waals surface area contributed by atoms with Crippen molar-refractivity contribution >= 4 is 5.91 Å². The summed E-state index contributed by atoms with van der Waals surface area (Å²) in [5, 5.41) is 6.37. The van der Waals surface area contributed by atoms with E-state index in [0.717, 1.165) is 19.4 Å². The van der Waals surface area contributed by atoms with Gasteiger partial charge in [-0.15, -0.1) is 0 Å². The third kappa shape index (κ3) is 13.5. The molecule has 0 aromatic rings. The molecule has 0 saturated carbocycles. The molecular formula is C23H49N3O2. The molecule has 0 fully saturated rings. The van der Waals surface area contributed by atoms with E-state index in [9.17, 15) is 4.79 Å². The van der Waals surface area contributed by atoms with E-state index in [0.29, 0.717) is 19.6 Å². The van der Waals surface area contributed by atoms with Crippen LogP contribution >= 0.6 is 0 Å². The monoisotopic (exact) mass is 399 g/mol. The normalized spacial score (nSPS) is 16.0. The first-order valence-electron chi connectivity index (χ1n) is 10.6. The first kappa shape index (κ1) is 27.4. The topological polar surface area (TPSA) is 76.4 Å². The Hall–Kier alpha value is -0.650. The van der Waals surface area contributed by atoms with Crippen LogP contribution < -0.4 is 16.4 Å². The van der Waals surface area contributed by atoms with Gasteiger partial charge in [0, 0.05) is 18.5 Å². The summed E-state index contributed by atoms with van der Waals surface area (Å²) in [4.78, 5) is 12.6. The van der Waals surface area contributed by atoms with Crippen molar-refractivity contribution in [1.82, 2.24) is 10.6 Å². The van der Waals surface area contributed by atoms with E-state index in [4.69, 9.17) is 10.5 Å². The molecule has 0 rings (SSSR count). The third-order valence-electron chi connectivity index (χ3n) is 4.72. The second kappa shape index (κ2) is 9.90. The highest BCUT2D eigenvalue weighted by atomic mass is 16.5. The van der Waals surface area contributed by atoms with Gasteiger partial charge in [0.25, 0.3) is 0 Å². The third-order valence-corrected chi connectivity index (χ3v) is 4.72. The highest BCUT2D eigenvalue weighted by Crippen LogP contribution is 2.33. The number of nitrogens with two attached hydrogens (primary N) is 1. The van der Waals surface area contributed by atoms with Crippen molar-refractivity contribution in [3.63, 3.8) is 0 Å². The van der Waals surface area contributed by atoms with E-state index in [1.165, 1.54) is 0 Å². The van der Waals surface area contributed by atoms with Crippen LogP contribution in [0.1, 0.15) is 88.5 Å². The summed E-state index contributed by atoms with van der Waals surface area (Å²) in [6, 6.07) is 0. The van der Waals surface area contributed by atoms with Crippen LogP contribution in [0, 0.1) is 16.2 Å². The highest BCUT2D eigenvalue weighted by Gasteiger charge is 2.33. The number of amides is 1. The molecular weight excluding hydrogens is 350 g/mol. The van der Waals surface area contributed by atoms with Crippen LogP contribution in [0.25, 0.3) is 0 Å². The van der Waals surface area contributed by atoms with Gasteiger partial charge in [-0.3, -0.25) is 4.79 Å². The van der Waals surface area contributed by atoms with Crippen molar-refractivity contribution in [3.05, 3.63) is 0 Å². The predicted octanol–water partition coefficient (Wildman–Crippen LogP) is 4.10. The standard InChI is InChI=1S/C23H49N3O2/c1-19(2,3)28-17-22(8,9)14-23(10,24)12-18(27)26-16-21(6,7)13-20(4,5)15-25-11/h25H,12-17,24H2,1-11H3,(H,26,27). The lowest BCUT2D eigenvalue weighted by atomic mass is 9.75. The summed E-state index contributed by atoms with van der Waals surface area (Å²) in [5.41, 5.74) is 5.88.